The highest BCUT2D eigenvalue weighted by Crippen LogP contribution is 2.33. The van der Waals surface area contributed by atoms with E-state index in [-0.39, 0.29) is 0 Å². The summed E-state index contributed by atoms with van der Waals surface area (Å²) in [6.45, 7) is 6.49. The summed E-state index contributed by atoms with van der Waals surface area (Å²) in [4.78, 5) is 2.46. The van der Waals surface area contributed by atoms with Crippen molar-refractivity contribution in [1.29, 1.82) is 0 Å². The van der Waals surface area contributed by atoms with Gasteiger partial charge < -0.3 is 4.42 Å². The average molecular weight is 326 g/mol. The molecule has 124 valence electrons. The fourth-order valence-corrected chi connectivity index (χ4v) is 4.73. The summed E-state index contributed by atoms with van der Waals surface area (Å²) < 4.78 is 30.4. The largest absolute Gasteiger partial charge is 0.465 e. The van der Waals surface area contributed by atoms with Gasteiger partial charge in [0.05, 0.1) is 12.8 Å². The lowest BCUT2D eigenvalue weighted by Gasteiger charge is -2.33. The van der Waals surface area contributed by atoms with E-state index in [0.717, 1.165) is 44.0 Å². The minimum atomic E-state index is -3.01. The van der Waals surface area contributed by atoms with Gasteiger partial charge in [-0.15, -0.1) is 0 Å². The molecule has 0 radical (unpaired) electrons. The van der Waals surface area contributed by atoms with Gasteiger partial charge in [0.1, 0.15) is 11.5 Å². The predicted octanol–water partition coefficient (Wildman–Crippen LogP) is 2.08. The molecule has 1 aromatic heterocycles. The second kappa shape index (κ2) is 6.34. The molecule has 5 nitrogen and oxygen atoms in total. The van der Waals surface area contributed by atoms with Gasteiger partial charge in [0, 0.05) is 19.6 Å². The Morgan fingerprint density at radius 3 is 2.41 bits per heavy atom. The zero-order valence-electron chi connectivity index (χ0n) is 13.5. The van der Waals surface area contributed by atoms with Crippen LogP contribution in [-0.4, -0.2) is 50.1 Å². The highest BCUT2D eigenvalue weighted by Gasteiger charge is 2.33. The molecule has 0 aliphatic carbocycles. The van der Waals surface area contributed by atoms with E-state index in [0.29, 0.717) is 24.9 Å². The van der Waals surface area contributed by atoms with Crippen molar-refractivity contribution < 1.29 is 12.8 Å². The molecular weight excluding hydrogens is 300 g/mol. The highest BCUT2D eigenvalue weighted by atomic mass is 32.2. The first-order chi connectivity index (χ1) is 10.4. The molecule has 6 heteroatoms. The van der Waals surface area contributed by atoms with E-state index >= 15 is 0 Å². The Balaban J connectivity index is 1.49. The van der Waals surface area contributed by atoms with Crippen LogP contribution in [0.5, 0.6) is 0 Å². The smallest absolute Gasteiger partial charge is 0.211 e. The lowest BCUT2D eigenvalue weighted by atomic mass is 9.84. The van der Waals surface area contributed by atoms with Gasteiger partial charge in [-0.25, -0.2) is 12.7 Å². The number of rotatable bonds is 4. The summed E-state index contributed by atoms with van der Waals surface area (Å²) >= 11 is 0. The summed E-state index contributed by atoms with van der Waals surface area (Å²) in [5.74, 6) is 3.39. The monoisotopic (exact) mass is 326 g/mol. The SMILES string of the molecule is Cc1ccc(CN2CCC(C3CCN(S(C)(=O)=O)CC3)C2)o1. The molecule has 3 heterocycles. The molecule has 0 N–H and O–H groups in total. The molecule has 0 bridgehead atoms. The molecule has 22 heavy (non-hydrogen) atoms. The number of piperidine rings is 1. The van der Waals surface area contributed by atoms with Crippen LogP contribution < -0.4 is 0 Å². The number of hydrogen-bond acceptors (Lipinski definition) is 4. The van der Waals surface area contributed by atoms with Crippen LogP contribution >= 0.6 is 0 Å². The number of furan rings is 1. The van der Waals surface area contributed by atoms with Gasteiger partial charge in [0.2, 0.25) is 10.0 Å². The van der Waals surface area contributed by atoms with E-state index in [1.54, 1.807) is 4.31 Å². The van der Waals surface area contributed by atoms with Crippen molar-refractivity contribution in [2.75, 3.05) is 32.4 Å². The van der Waals surface area contributed by atoms with Crippen LogP contribution in [0.15, 0.2) is 16.5 Å². The minimum absolute atomic E-state index is 0.668. The first-order valence-corrected chi connectivity index (χ1v) is 9.99. The van der Waals surface area contributed by atoms with Crippen molar-refractivity contribution in [3.8, 4) is 0 Å². The molecule has 0 spiro atoms. The topological polar surface area (TPSA) is 53.8 Å². The van der Waals surface area contributed by atoms with Crippen LogP contribution in [0.25, 0.3) is 0 Å². The van der Waals surface area contributed by atoms with E-state index in [1.165, 1.54) is 12.7 Å². The molecule has 0 aromatic carbocycles. The zero-order valence-corrected chi connectivity index (χ0v) is 14.3. The van der Waals surface area contributed by atoms with E-state index in [4.69, 9.17) is 4.42 Å². The van der Waals surface area contributed by atoms with Gasteiger partial charge in [0.25, 0.3) is 0 Å². The van der Waals surface area contributed by atoms with E-state index in [1.807, 2.05) is 13.0 Å². The molecule has 1 atom stereocenters. The standard InChI is InChI=1S/C16H26N2O3S/c1-13-3-4-16(21-13)12-17-8-5-15(11-17)14-6-9-18(10-7-14)22(2,19)20/h3-4,14-15H,5-12H2,1-2H3. The maximum absolute atomic E-state index is 11.6. The third-order valence-electron chi connectivity index (χ3n) is 5.12. The number of hydrogen-bond donors (Lipinski definition) is 0. The van der Waals surface area contributed by atoms with Crippen LogP contribution in [0.3, 0.4) is 0 Å². The molecule has 0 saturated carbocycles. The maximum Gasteiger partial charge on any atom is 0.211 e. The van der Waals surface area contributed by atoms with Crippen molar-refractivity contribution in [3.05, 3.63) is 23.7 Å². The van der Waals surface area contributed by atoms with Crippen molar-refractivity contribution in [1.82, 2.24) is 9.21 Å². The predicted molar refractivity (Wildman–Crippen MR) is 86.0 cm³/mol. The molecule has 2 fully saturated rings. The molecule has 2 aliphatic heterocycles. The Labute approximate surface area is 133 Å². The summed E-state index contributed by atoms with van der Waals surface area (Å²) in [6.07, 6.45) is 4.55. The number of likely N-dealkylation sites (tertiary alicyclic amines) is 1. The van der Waals surface area contributed by atoms with Crippen molar-refractivity contribution >= 4 is 10.0 Å². The van der Waals surface area contributed by atoms with Gasteiger partial charge in [-0.1, -0.05) is 0 Å². The number of nitrogens with zero attached hydrogens (tertiary/aromatic N) is 2. The van der Waals surface area contributed by atoms with E-state index < -0.39 is 10.0 Å². The Hall–Kier alpha value is -0.850. The molecule has 1 aromatic rings. The Morgan fingerprint density at radius 1 is 1.14 bits per heavy atom. The Kier molecular flexibility index (Phi) is 4.61. The quantitative estimate of drug-likeness (QED) is 0.850. The first kappa shape index (κ1) is 16.0. The molecular formula is C16H26N2O3S. The Bertz CT molecular complexity index is 603. The maximum atomic E-state index is 11.6. The number of sulfonamides is 1. The Morgan fingerprint density at radius 2 is 1.82 bits per heavy atom. The minimum Gasteiger partial charge on any atom is -0.465 e. The number of aryl methyl sites for hydroxylation is 1. The molecule has 1 unspecified atom stereocenters. The summed E-state index contributed by atoms with van der Waals surface area (Å²) in [7, 11) is -3.01. The van der Waals surface area contributed by atoms with Gasteiger partial charge in [-0.2, -0.15) is 0 Å². The molecule has 0 amide bonds. The average Bonchev–Trinajstić information content (AvgIpc) is 3.08. The molecule has 2 saturated heterocycles. The molecule has 3 rings (SSSR count). The third-order valence-corrected chi connectivity index (χ3v) is 6.42. The van der Waals surface area contributed by atoms with Gasteiger partial charge in [-0.05, 0) is 56.7 Å². The van der Waals surface area contributed by atoms with Crippen LogP contribution in [0.1, 0.15) is 30.8 Å². The lowest BCUT2D eigenvalue weighted by molar-refractivity contribution is 0.199. The lowest BCUT2D eigenvalue weighted by Crippen LogP contribution is -2.39. The fourth-order valence-electron chi connectivity index (χ4n) is 3.86. The van der Waals surface area contributed by atoms with E-state index in [9.17, 15) is 8.42 Å². The van der Waals surface area contributed by atoms with Gasteiger partial charge in [-0.3, -0.25) is 4.90 Å². The fraction of sp³-hybridized carbons (Fsp3) is 0.750. The second-order valence-electron chi connectivity index (χ2n) is 6.80. The van der Waals surface area contributed by atoms with Gasteiger partial charge >= 0.3 is 0 Å². The van der Waals surface area contributed by atoms with Crippen LogP contribution in [0.2, 0.25) is 0 Å². The van der Waals surface area contributed by atoms with Gasteiger partial charge in [0.15, 0.2) is 0 Å². The summed E-state index contributed by atoms with van der Waals surface area (Å²) in [5.41, 5.74) is 0. The van der Waals surface area contributed by atoms with Crippen LogP contribution in [0, 0.1) is 18.8 Å². The second-order valence-corrected chi connectivity index (χ2v) is 8.78. The first-order valence-electron chi connectivity index (χ1n) is 8.14. The summed E-state index contributed by atoms with van der Waals surface area (Å²) in [6, 6.07) is 4.08. The normalized spacial score (nSPS) is 25.8. The van der Waals surface area contributed by atoms with Crippen molar-refractivity contribution in [3.63, 3.8) is 0 Å². The van der Waals surface area contributed by atoms with Crippen molar-refractivity contribution in [2.24, 2.45) is 11.8 Å². The van der Waals surface area contributed by atoms with Crippen LogP contribution in [-0.2, 0) is 16.6 Å². The zero-order chi connectivity index (χ0) is 15.7. The van der Waals surface area contributed by atoms with Crippen LogP contribution in [0.4, 0.5) is 0 Å². The van der Waals surface area contributed by atoms with Crippen molar-refractivity contribution in [2.45, 2.75) is 32.7 Å². The molecule has 2 aliphatic rings. The van der Waals surface area contributed by atoms with E-state index in [2.05, 4.69) is 11.0 Å². The summed E-state index contributed by atoms with van der Waals surface area (Å²) in [5, 5.41) is 0. The highest BCUT2D eigenvalue weighted by molar-refractivity contribution is 7.88. The third kappa shape index (κ3) is 3.73.